The molecule has 0 N–H and O–H groups in total. The third-order valence-corrected chi connectivity index (χ3v) is 8.29. The van der Waals surface area contributed by atoms with Gasteiger partial charge in [0.05, 0.1) is 11.3 Å². The first-order chi connectivity index (χ1) is 19.1. The molecular formula is C33H18N2O3S. The van der Waals surface area contributed by atoms with Crippen molar-refractivity contribution >= 4 is 61.1 Å². The number of ketones is 2. The fourth-order valence-electron chi connectivity index (χ4n) is 5.31. The summed E-state index contributed by atoms with van der Waals surface area (Å²) in [6.45, 7) is 0. The molecule has 0 bridgehead atoms. The number of benzene rings is 4. The zero-order valence-corrected chi connectivity index (χ0v) is 21.2. The van der Waals surface area contributed by atoms with Gasteiger partial charge in [-0.2, -0.15) is 4.98 Å². The molecule has 3 heterocycles. The predicted molar refractivity (Wildman–Crippen MR) is 155 cm³/mol. The van der Waals surface area contributed by atoms with Crippen LogP contribution >= 0.6 is 11.3 Å². The molecule has 0 amide bonds. The highest BCUT2D eigenvalue weighted by molar-refractivity contribution is 7.21. The molecule has 1 aliphatic rings. The van der Waals surface area contributed by atoms with Gasteiger partial charge in [-0.05, 0) is 58.6 Å². The van der Waals surface area contributed by atoms with Crippen molar-refractivity contribution in [2.75, 3.05) is 0 Å². The molecule has 0 unspecified atom stereocenters. The Bertz CT molecular complexity index is 2070. The van der Waals surface area contributed by atoms with Crippen molar-refractivity contribution in [3.05, 3.63) is 126 Å². The van der Waals surface area contributed by atoms with Gasteiger partial charge in [0.2, 0.25) is 5.89 Å². The molecule has 0 saturated heterocycles. The van der Waals surface area contributed by atoms with Crippen LogP contribution in [0.1, 0.15) is 26.4 Å². The lowest BCUT2D eigenvalue weighted by molar-refractivity contribution is 0.0990. The molecule has 4 aromatic carbocycles. The van der Waals surface area contributed by atoms with E-state index in [2.05, 4.69) is 18.2 Å². The maximum absolute atomic E-state index is 13.5. The number of fused-ring (bicyclic) bond motifs is 4. The summed E-state index contributed by atoms with van der Waals surface area (Å²) >= 11 is 1.62. The van der Waals surface area contributed by atoms with Gasteiger partial charge in [0.1, 0.15) is 5.00 Å². The first-order valence-corrected chi connectivity index (χ1v) is 13.4. The van der Waals surface area contributed by atoms with Gasteiger partial charge in [-0.1, -0.05) is 60.7 Å². The van der Waals surface area contributed by atoms with Crippen LogP contribution in [0, 0.1) is 0 Å². The first-order valence-electron chi connectivity index (χ1n) is 12.5. The topological polar surface area (TPSA) is 65.1 Å². The number of aromatic nitrogens is 2. The van der Waals surface area contributed by atoms with E-state index < -0.39 is 0 Å². The van der Waals surface area contributed by atoms with Gasteiger partial charge >= 0.3 is 0 Å². The van der Waals surface area contributed by atoms with Crippen LogP contribution in [0.2, 0.25) is 0 Å². The van der Waals surface area contributed by atoms with Crippen LogP contribution in [0.5, 0.6) is 0 Å². The molecule has 0 fully saturated rings. The summed E-state index contributed by atoms with van der Waals surface area (Å²) in [5, 5.41) is 3.90. The molecule has 8 rings (SSSR count). The van der Waals surface area contributed by atoms with Crippen LogP contribution < -0.4 is 0 Å². The molecule has 39 heavy (non-hydrogen) atoms. The van der Waals surface area contributed by atoms with Crippen molar-refractivity contribution in [3.63, 3.8) is 0 Å². The van der Waals surface area contributed by atoms with Gasteiger partial charge in [-0.25, -0.2) is 0 Å². The SMILES string of the molecule is O=C1C(=Cc2cc3oc(-c4ccccc4)nc3n2-c2cc3ccccc3s2)C(=O)c2cc3ccccc3cc21. The second-order valence-corrected chi connectivity index (χ2v) is 10.6. The third-order valence-electron chi connectivity index (χ3n) is 7.19. The summed E-state index contributed by atoms with van der Waals surface area (Å²) in [6.07, 6.45) is 1.68. The molecule has 0 radical (unpaired) electrons. The minimum Gasteiger partial charge on any atom is -0.434 e. The van der Waals surface area contributed by atoms with E-state index in [1.54, 1.807) is 17.4 Å². The number of thiophene rings is 1. The predicted octanol–water partition coefficient (Wildman–Crippen LogP) is 8.12. The van der Waals surface area contributed by atoms with E-state index in [-0.39, 0.29) is 17.1 Å². The number of rotatable bonds is 3. The molecule has 0 atom stereocenters. The zero-order valence-electron chi connectivity index (χ0n) is 20.4. The number of Topliss-reactive ketones (excluding diaryl/α,β-unsaturated/α-hetero) is 2. The quantitative estimate of drug-likeness (QED) is 0.174. The highest BCUT2D eigenvalue weighted by atomic mass is 32.1. The largest absolute Gasteiger partial charge is 0.434 e. The smallest absolute Gasteiger partial charge is 0.228 e. The van der Waals surface area contributed by atoms with E-state index in [0.29, 0.717) is 33.9 Å². The lowest BCUT2D eigenvalue weighted by atomic mass is 10.0. The summed E-state index contributed by atoms with van der Waals surface area (Å²) in [7, 11) is 0. The van der Waals surface area contributed by atoms with Crippen LogP contribution in [0.4, 0.5) is 0 Å². The van der Waals surface area contributed by atoms with Gasteiger partial charge in [0.15, 0.2) is 22.8 Å². The van der Waals surface area contributed by atoms with E-state index in [9.17, 15) is 9.59 Å². The highest BCUT2D eigenvalue weighted by Gasteiger charge is 2.34. The maximum atomic E-state index is 13.5. The van der Waals surface area contributed by atoms with Gasteiger partial charge in [-0.3, -0.25) is 14.2 Å². The summed E-state index contributed by atoms with van der Waals surface area (Å²) in [4.78, 5) is 31.8. The van der Waals surface area contributed by atoms with E-state index in [4.69, 9.17) is 9.40 Å². The Kier molecular flexibility index (Phi) is 4.63. The first kappa shape index (κ1) is 22.0. The minimum absolute atomic E-state index is 0.145. The Morgan fingerprint density at radius 3 is 2.05 bits per heavy atom. The molecule has 6 heteroatoms. The lowest BCUT2D eigenvalue weighted by Crippen LogP contribution is -2.02. The monoisotopic (exact) mass is 522 g/mol. The number of hydrogen-bond acceptors (Lipinski definition) is 5. The van der Waals surface area contributed by atoms with Gasteiger partial charge in [0.25, 0.3) is 0 Å². The van der Waals surface area contributed by atoms with Crippen molar-refractivity contribution in [2.24, 2.45) is 0 Å². The Hall–Kier alpha value is -5.07. The maximum Gasteiger partial charge on any atom is 0.228 e. The second-order valence-electron chi connectivity index (χ2n) is 9.56. The molecule has 0 spiro atoms. The Morgan fingerprint density at radius 2 is 1.36 bits per heavy atom. The average molecular weight is 523 g/mol. The second kappa shape index (κ2) is 8.21. The van der Waals surface area contributed by atoms with Crippen molar-refractivity contribution in [2.45, 2.75) is 0 Å². The van der Waals surface area contributed by atoms with Crippen LogP contribution in [-0.2, 0) is 0 Å². The zero-order chi connectivity index (χ0) is 26.1. The van der Waals surface area contributed by atoms with E-state index in [0.717, 1.165) is 31.4 Å². The molecule has 184 valence electrons. The number of carbonyl (C=O) groups excluding carboxylic acids is 2. The summed E-state index contributed by atoms with van der Waals surface area (Å²) in [5.41, 5.74) is 3.78. The Balaban J connectivity index is 1.33. The van der Waals surface area contributed by atoms with Gasteiger partial charge < -0.3 is 4.42 Å². The summed E-state index contributed by atoms with van der Waals surface area (Å²) in [6, 6.07) is 33.2. The van der Waals surface area contributed by atoms with Crippen LogP contribution in [-0.4, -0.2) is 21.1 Å². The van der Waals surface area contributed by atoms with Crippen LogP contribution in [0.25, 0.3) is 54.6 Å². The summed E-state index contributed by atoms with van der Waals surface area (Å²) in [5.74, 6) is -0.0134. The van der Waals surface area contributed by atoms with Crippen LogP contribution in [0.15, 0.2) is 113 Å². The number of hydrogen-bond donors (Lipinski definition) is 0. The number of allylic oxidation sites excluding steroid dienone is 1. The van der Waals surface area contributed by atoms with Gasteiger partial charge in [-0.15, -0.1) is 11.3 Å². The van der Waals surface area contributed by atoms with E-state index >= 15 is 0 Å². The molecular weight excluding hydrogens is 504 g/mol. The average Bonchev–Trinajstić information content (AvgIpc) is 3.71. The molecule has 7 aromatic rings. The molecule has 5 nitrogen and oxygen atoms in total. The number of nitrogens with zero attached hydrogens (tertiary/aromatic N) is 2. The fraction of sp³-hybridized carbons (Fsp3) is 0. The fourth-order valence-corrected chi connectivity index (χ4v) is 6.39. The van der Waals surface area contributed by atoms with Crippen molar-refractivity contribution in [1.82, 2.24) is 9.55 Å². The highest BCUT2D eigenvalue weighted by Crippen LogP contribution is 2.37. The van der Waals surface area contributed by atoms with Crippen molar-refractivity contribution in [1.29, 1.82) is 0 Å². The normalized spacial score (nSPS) is 13.2. The molecule has 1 aliphatic carbocycles. The van der Waals surface area contributed by atoms with Gasteiger partial charge in [0, 0.05) is 27.5 Å². The Morgan fingerprint density at radius 1 is 0.718 bits per heavy atom. The third kappa shape index (κ3) is 3.35. The van der Waals surface area contributed by atoms with Crippen LogP contribution in [0.3, 0.4) is 0 Å². The molecule has 3 aromatic heterocycles. The number of oxazole rings is 1. The lowest BCUT2D eigenvalue weighted by Gasteiger charge is -2.04. The van der Waals surface area contributed by atoms with E-state index in [1.807, 2.05) is 89.5 Å². The van der Waals surface area contributed by atoms with Crippen molar-refractivity contribution in [3.8, 4) is 16.5 Å². The number of carbonyl (C=O) groups is 2. The molecule has 0 aliphatic heterocycles. The Labute approximate surface area is 226 Å². The minimum atomic E-state index is -0.264. The van der Waals surface area contributed by atoms with E-state index in [1.165, 1.54) is 0 Å². The standard InChI is InChI=1S/C33H18N2O3S/c36-30-24-14-20-10-4-5-11-21(20)15-25(24)31(37)26(30)17-23-18-27-32(34-33(38-27)19-8-2-1-3-9-19)35(23)29-16-22-12-6-7-13-28(22)39-29/h1-18H. The summed E-state index contributed by atoms with van der Waals surface area (Å²) < 4.78 is 9.28. The molecule has 0 saturated carbocycles. The van der Waals surface area contributed by atoms with Crippen molar-refractivity contribution < 1.29 is 14.0 Å².